The molecule has 25 heavy (non-hydrogen) atoms. The second-order valence-electron chi connectivity index (χ2n) is 6.74. The van der Waals surface area contributed by atoms with Crippen molar-refractivity contribution in [3.63, 3.8) is 0 Å². The van der Waals surface area contributed by atoms with E-state index in [1.165, 1.54) is 66.7 Å². The molecule has 3 heteroatoms. The summed E-state index contributed by atoms with van der Waals surface area (Å²) in [4.78, 5) is 2.56. The largest absolute Gasteiger partial charge is 0.371 e. The Kier molecular flexibility index (Phi) is 4.00. The third-order valence-corrected chi connectivity index (χ3v) is 5.13. The van der Waals surface area contributed by atoms with Crippen LogP contribution in [0.5, 0.6) is 0 Å². The summed E-state index contributed by atoms with van der Waals surface area (Å²) < 4.78 is 0. The Morgan fingerprint density at radius 2 is 1.48 bits per heavy atom. The summed E-state index contributed by atoms with van der Waals surface area (Å²) >= 11 is 0. The summed E-state index contributed by atoms with van der Waals surface area (Å²) in [6.45, 7) is 2.39. The molecule has 0 atom stereocenters. The van der Waals surface area contributed by atoms with E-state index in [1.807, 2.05) is 24.3 Å². The van der Waals surface area contributed by atoms with Crippen LogP contribution in [0.25, 0.3) is 17.2 Å². The second kappa shape index (κ2) is 6.46. The number of allylic oxidation sites excluding steroid dienone is 1. The summed E-state index contributed by atoms with van der Waals surface area (Å²) in [5, 5.41) is 17.7. The minimum absolute atomic E-state index is 0.131. The first-order valence-electron chi connectivity index (χ1n) is 8.81. The normalized spacial score (nSPS) is 14.9. The number of nitrogens with zero attached hydrogens (tertiary/aromatic N) is 3. The summed E-state index contributed by atoms with van der Waals surface area (Å²) in [5.41, 5.74) is 7.94. The Bertz CT molecular complexity index is 876. The zero-order valence-electron chi connectivity index (χ0n) is 14.1. The van der Waals surface area contributed by atoms with Gasteiger partial charge in [0.2, 0.25) is 0 Å². The van der Waals surface area contributed by atoms with Crippen molar-refractivity contribution in [1.82, 2.24) is 0 Å². The molecule has 0 unspecified atom stereocenters. The molecule has 3 nitrogen and oxygen atoms in total. The molecule has 2 aromatic rings. The molecule has 0 N–H and O–H groups in total. The Morgan fingerprint density at radius 1 is 0.880 bits per heavy atom. The highest BCUT2D eigenvalue weighted by molar-refractivity contribution is 5.74. The van der Waals surface area contributed by atoms with Crippen LogP contribution in [-0.4, -0.2) is 13.1 Å². The fourth-order valence-corrected chi connectivity index (χ4v) is 4.00. The van der Waals surface area contributed by atoms with Crippen molar-refractivity contribution in [3.05, 3.63) is 58.7 Å². The Hall–Kier alpha value is -3.04. The van der Waals surface area contributed by atoms with Gasteiger partial charge in [-0.05, 0) is 71.7 Å². The van der Waals surface area contributed by atoms with Crippen LogP contribution in [0.2, 0.25) is 0 Å². The molecular formula is C22H19N3. The highest BCUT2D eigenvalue weighted by Crippen LogP contribution is 2.38. The predicted molar refractivity (Wildman–Crippen MR) is 99.9 cm³/mol. The van der Waals surface area contributed by atoms with E-state index < -0.39 is 0 Å². The topological polar surface area (TPSA) is 50.8 Å². The van der Waals surface area contributed by atoms with Gasteiger partial charge >= 0.3 is 0 Å². The molecule has 0 saturated carbocycles. The fraction of sp³-hybridized carbons (Fsp3) is 0.273. The van der Waals surface area contributed by atoms with Crippen molar-refractivity contribution in [2.24, 2.45) is 0 Å². The van der Waals surface area contributed by atoms with Crippen LogP contribution < -0.4 is 4.90 Å². The zero-order chi connectivity index (χ0) is 17.2. The van der Waals surface area contributed by atoms with Crippen LogP contribution in [0, 0.1) is 22.7 Å². The van der Waals surface area contributed by atoms with Gasteiger partial charge in [-0.3, -0.25) is 0 Å². The van der Waals surface area contributed by atoms with Crippen LogP contribution in [-0.2, 0) is 12.8 Å². The lowest BCUT2D eigenvalue weighted by atomic mass is 9.88. The van der Waals surface area contributed by atoms with E-state index in [0.717, 1.165) is 5.56 Å². The highest BCUT2D eigenvalue weighted by atomic mass is 15.1. The molecule has 0 radical (unpaired) electrons. The average molecular weight is 325 g/mol. The van der Waals surface area contributed by atoms with Gasteiger partial charge in [0.05, 0.1) is 0 Å². The van der Waals surface area contributed by atoms with Gasteiger partial charge in [0.25, 0.3) is 0 Å². The molecule has 2 aromatic carbocycles. The summed E-state index contributed by atoms with van der Waals surface area (Å²) in [5.74, 6) is 0. The number of hydrogen-bond donors (Lipinski definition) is 0. The van der Waals surface area contributed by atoms with E-state index in [2.05, 4.69) is 29.2 Å². The van der Waals surface area contributed by atoms with Gasteiger partial charge in [0.15, 0.2) is 0 Å². The summed E-state index contributed by atoms with van der Waals surface area (Å²) in [6, 6.07) is 16.6. The minimum Gasteiger partial charge on any atom is -0.371 e. The van der Waals surface area contributed by atoms with Crippen LogP contribution >= 0.6 is 0 Å². The van der Waals surface area contributed by atoms with E-state index in [1.54, 1.807) is 6.08 Å². The molecule has 0 amide bonds. The Labute approximate surface area is 148 Å². The zero-order valence-corrected chi connectivity index (χ0v) is 14.1. The summed E-state index contributed by atoms with van der Waals surface area (Å²) in [7, 11) is 0. The molecule has 122 valence electrons. The van der Waals surface area contributed by atoms with Crippen LogP contribution in [0.3, 0.4) is 0 Å². The molecule has 0 saturated heterocycles. The van der Waals surface area contributed by atoms with E-state index in [9.17, 15) is 0 Å². The quantitative estimate of drug-likeness (QED) is 0.765. The van der Waals surface area contributed by atoms with E-state index in [-0.39, 0.29) is 5.57 Å². The fourth-order valence-electron chi connectivity index (χ4n) is 4.00. The molecular weight excluding hydrogens is 306 g/mol. The van der Waals surface area contributed by atoms with Crippen molar-refractivity contribution in [1.29, 1.82) is 10.5 Å². The molecule has 0 spiro atoms. The molecule has 0 aliphatic carbocycles. The minimum atomic E-state index is 0.131. The molecule has 4 rings (SSSR count). The van der Waals surface area contributed by atoms with Crippen molar-refractivity contribution in [2.45, 2.75) is 25.7 Å². The summed E-state index contributed by atoms with van der Waals surface area (Å²) in [6.07, 6.45) is 6.44. The third-order valence-electron chi connectivity index (χ3n) is 5.13. The van der Waals surface area contributed by atoms with Gasteiger partial charge in [-0.25, -0.2) is 0 Å². The number of rotatable bonds is 2. The van der Waals surface area contributed by atoms with Gasteiger partial charge in [0, 0.05) is 18.8 Å². The standard InChI is InChI=1S/C22H19N3/c23-14-17(15-24)11-16-5-7-18(8-6-16)21-12-19-3-1-9-25-10-2-4-20(13-21)22(19)25/h5-8,11-13H,1-4,9-10H2. The maximum atomic E-state index is 8.87. The first-order valence-corrected chi connectivity index (χ1v) is 8.81. The van der Waals surface area contributed by atoms with Gasteiger partial charge in [-0.1, -0.05) is 24.3 Å². The van der Waals surface area contributed by atoms with E-state index in [4.69, 9.17) is 10.5 Å². The average Bonchev–Trinajstić information content (AvgIpc) is 2.67. The first-order chi connectivity index (χ1) is 12.3. The molecule has 2 aliphatic rings. The number of hydrogen-bond acceptors (Lipinski definition) is 3. The van der Waals surface area contributed by atoms with Gasteiger partial charge in [-0.15, -0.1) is 0 Å². The van der Waals surface area contributed by atoms with Crippen molar-refractivity contribution in [3.8, 4) is 23.3 Å². The van der Waals surface area contributed by atoms with E-state index in [0.29, 0.717) is 0 Å². The van der Waals surface area contributed by atoms with Crippen molar-refractivity contribution in [2.75, 3.05) is 18.0 Å². The second-order valence-corrected chi connectivity index (χ2v) is 6.74. The third kappa shape index (κ3) is 2.90. The van der Waals surface area contributed by atoms with Crippen LogP contribution in [0.15, 0.2) is 42.0 Å². The van der Waals surface area contributed by atoms with Crippen molar-refractivity contribution >= 4 is 11.8 Å². The number of aryl methyl sites for hydroxylation is 2. The van der Waals surface area contributed by atoms with Crippen LogP contribution in [0.4, 0.5) is 5.69 Å². The maximum Gasteiger partial charge on any atom is 0.130 e. The molecule has 2 aliphatic heterocycles. The van der Waals surface area contributed by atoms with Gasteiger partial charge in [-0.2, -0.15) is 10.5 Å². The Morgan fingerprint density at radius 3 is 2.04 bits per heavy atom. The lowest BCUT2D eigenvalue weighted by Crippen LogP contribution is -2.34. The lowest BCUT2D eigenvalue weighted by Gasteiger charge is -2.37. The number of anilines is 1. The maximum absolute atomic E-state index is 8.87. The molecule has 0 bridgehead atoms. The molecule has 2 heterocycles. The highest BCUT2D eigenvalue weighted by Gasteiger charge is 2.24. The number of benzene rings is 2. The van der Waals surface area contributed by atoms with Crippen LogP contribution in [0.1, 0.15) is 29.5 Å². The first kappa shape index (κ1) is 15.5. The Balaban J connectivity index is 1.70. The number of nitriles is 2. The van der Waals surface area contributed by atoms with Gasteiger partial charge < -0.3 is 4.90 Å². The van der Waals surface area contributed by atoms with Crippen molar-refractivity contribution < 1.29 is 0 Å². The molecule has 0 fully saturated rings. The lowest BCUT2D eigenvalue weighted by molar-refractivity contribution is 0.634. The predicted octanol–water partition coefficient (Wildman–Crippen LogP) is 4.48. The SMILES string of the molecule is N#CC(C#N)=Cc1ccc(-c2cc3c4c(c2)CCCN4CCC3)cc1. The molecule has 0 aromatic heterocycles. The smallest absolute Gasteiger partial charge is 0.130 e. The monoisotopic (exact) mass is 325 g/mol. The van der Waals surface area contributed by atoms with E-state index >= 15 is 0 Å². The van der Waals surface area contributed by atoms with Gasteiger partial charge in [0.1, 0.15) is 17.7 Å².